The molecule has 3 aromatic rings. The molecular formula is C16H13Cl2N3O. The number of aromatic amines is 1. The molecule has 0 radical (unpaired) electrons. The number of halogens is 2. The Hall–Kier alpha value is -2.04. The van der Waals surface area contributed by atoms with Crippen LogP contribution in [0.1, 0.15) is 29.0 Å². The van der Waals surface area contributed by atoms with E-state index in [1.165, 1.54) is 0 Å². The Morgan fingerprint density at radius 2 is 2.14 bits per heavy atom. The highest BCUT2D eigenvalue weighted by molar-refractivity contribution is 6.45. The lowest BCUT2D eigenvalue weighted by Gasteiger charge is -2.12. The van der Waals surface area contributed by atoms with E-state index < -0.39 is 0 Å². The van der Waals surface area contributed by atoms with Crippen LogP contribution in [0.25, 0.3) is 10.9 Å². The van der Waals surface area contributed by atoms with Crippen LogP contribution in [-0.2, 0) is 0 Å². The summed E-state index contributed by atoms with van der Waals surface area (Å²) in [4.78, 5) is 19.5. The van der Waals surface area contributed by atoms with Gasteiger partial charge in [-0.25, -0.2) is 0 Å². The third-order valence-electron chi connectivity index (χ3n) is 3.47. The van der Waals surface area contributed by atoms with Crippen molar-refractivity contribution < 1.29 is 4.79 Å². The lowest BCUT2D eigenvalue weighted by molar-refractivity contribution is 0.0935. The van der Waals surface area contributed by atoms with Crippen molar-refractivity contribution in [1.82, 2.24) is 15.3 Å². The summed E-state index contributed by atoms with van der Waals surface area (Å²) in [6.07, 6.45) is 3.42. The van der Waals surface area contributed by atoms with Crippen molar-refractivity contribution in [2.45, 2.75) is 13.0 Å². The first-order valence-electron chi connectivity index (χ1n) is 6.74. The smallest absolute Gasteiger partial charge is 0.268 e. The van der Waals surface area contributed by atoms with Crippen molar-refractivity contribution in [3.8, 4) is 0 Å². The molecule has 2 N–H and O–H groups in total. The Balaban J connectivity index is 1.85. The van der Waals surface area contributed by atoms with E-state index in [2.05, 4.69) is 15.3 Å². The molecule has 0 aliphatic carbocycles. The van der Waals surface area contributed by atoms with Gasteiger partial charge in [0.05, 0.1) is 16.1 Å². The molecule has 0 fully saturated rings. The number of hydrogen-bond acceptors (Lipinski definition) is 2. The number of hydrogen-bond donors (Lipinski definition) is 2. The van der Waals surface area contributed by atoms with Crippen molar-refractivity contribution >= 4 is 40.0 Å². The molecular weight excluding hydrogens is 321 g/mol. The van der Waals surface area contributed by atoms with Crippen molar-refractivity contribution in [2.24, 2.45) is 0 Å². The first-order chi connectivity index (χ1) is 10.6. The van der Waals surface area contributed by atoms with Crippen LogP contribution < -0.4 is 5.32 Å². The molecule has 1 amide bonds. The zero-order valence-corrected chi connectivity index (χ0v) is 13.2. The van der Waals surface area contributed by atoms with Gasteiger partial charge in [-0.15, -0.1) is 0 Å². The molecule has 2 aromatic heterocycles. The van der Waals surface area contributed by atoms with Crippen LogP contribution in [-0.4, -0.2) is 15.9 Å². The molecule has 0 unspecified atom stereocenters. The number of carbonyl (C=O) groups excluding carboxylic acids is 1. The minimum Gasteiger partial charge on any atom is -0.350 e. The van der Waals surface area contributed by atoms with Crippen LogP contribution in [0.3, 0.4) is 0 Å². The molecule has 1 atom stereocenters. The summed E-state index contributed by atoms with van der Waals surface area (Å²) >= 11 is 12.1. The maximum Gasteiger partial charge on any atom is 0.268 e. The first kappa shape index (κ1) is 14.9. The molecule has 0 bridgehead atoms. The van der Waals surface area contributed by atoms with E-state index in [-0.39, 0.29) is 11.9 Å². The maximum absolute atomic E-state index is 12.4. The average Bonchev–Trinajstić information content (AvgIpc) is 2.97. The number of nitrogens with zero attached hydrogens (tertiary/aromatic N) is 1. The normalized spacial score (nSPS) is 12.3. The van der Waals surface area contributed by atoms with Gasteiger partial charge in [0.15, 0.2) is 0 Å². The van der Waals surface area contributed by atoms with Gasteiger partial charge in [-0.2, -0.15) is 0 Å². The number of amides is 1. The van der Waals surface area contributed by atoms with Gasteiger partial charge in [-0.3, -0.25) is 9.78 Å². The summed E-state index contributed by atoms with van der Waals surface area (Å²) in [6.45, 7) is 1.90. The number of H-pyrrole nitrogens is 1. The highest BCUT2D eigenvalue weighted by atomic mass is 35.5. The predicted molar refractivity (Wildman–Crippen MR) is 88.4 cm³/mol. The molecule has 0 saturated carbocycles. The van der Waals surface area contributed by atoms with E-state index in [0.717, 1.165) is 16.5 Å². The molecule has 4 nitrogen and oxygen atoms in total. The largest absolute Gasteiger partial charge is 0.350 e. The van der Waals surface area contributed by atoms with Gasteiger partial charge < -0.3 is 10.3 Å². The van der Waals surface area contributed by atoms with Gasteiger partial charge in [-0.1, -0.05) is 29.3 Å². The first-order valence-corrected chi connectivity index (χ1v) is 7.49. The van der Waals surface area contributed by atoms with Gasteiger partial charge in [0.2, 0.25) is 0 Å². The Kier molecular flexibility index (Phi) is 4.05. The zero-order chi connectivity index (χ0) is 15.7. The van der Waals surface area contributed by atoms with Crippen LogP contribution in [0.15, 0.2) is 42.7 Å². The molecule has 3 rings (SSSR count). The minimum absolute atomic E-state index is 0.147. The van der Waals surface area contributed by atoms with Crippen LogP contribution in [0.5, 0.6) is 0 Å². The fourth-order valence-electron chi connectivity index (χ4n) is 2.25. The fraction of sp³-hybridized carbons (Fsp3) is 0.125. The number of rotatable bonds is 3. The van der Waals surface area contributed by atoms with Gasteiger partial charge in [0, 0.05) is 23.3 Å². The fourth-order valence-corrected chi connectivity index (χ4v) is 2.64. The molecule has 22 heavy (non-hydrogen) atoms. The second kappa shape index (κ2) is 5.99. The summed E-state index contributed by atoms with van der Waals surface area (Å²) in [5.41, 5.74) is 2.15. The Morgan fingerprint density at radius 1 is 1.32 bits per heavy atom. The van der Waals surface area contributed by atoms with E-state index in [4.69, 9.17) is 23.2 Å². The number of nitrogens with one attached hydrogen (secondary N) is 2. The molecule has 0 saturated heterocycles. The Morgan fingerprint density at radius 3 is 2.86 bits per heavy atom. The summed E-state index contributed by atoms with van der Waals surface area (Å²) in [5.74, 6) is -0.209. The van der Waals surface area contributed by atoms with Gasteiger partial charge in [0.25, 0.3) is 5.91 Å². The quantitative estimate of drug-likeness (QED) is 0.748. The zero-order valence-electron chi connectivity index (χ0n) is 11.7. The predicted octanol–water partition coefficient (Wildman–Crippen LogP) is 4.36. The Labute approximate surface area is 137 Å². The number of pyridine rings is 1. The number of carbonyl (C=O) groups is 1. The number of benzene rings is 1. The molecule has 0 aliphatic rings. The van der Waals surface area contributed by atoms with E-state index >= 15 is 0 Å². The van der Waals surface area contributed by atoms with Crippen molar-refractivity contribution in [2.75, 3.05) is 0 Å². The lowest BCUT2D eigenvalue weighted by atomic mass is 10.1. The third-order valence-corrected chi connectivity index (χ3v) is 4.29. The standard InChI is InChI=1S/C16H13Cl2N3O/c1-9(10-3-2-6-19-8-10)20-16(22)14-7-11-13(21-14)5-4-12(17)15(11)18/h2-9,21H,1H3,(H,20,22)/t9-/m1/s1. The average molecular weight is 334 g/mol. The SMILES string of the molecule is C[C@@H](NC(=O)c1cc2c(Cl)c(Cl)ccc2[nH]1)c1cccnc1. The molecule has 0 aliphatic heterocycles. The van der Waals surface area contributed by atoms with E-state index in [1.807, 2.05) is 19.1 Å². The lowest BCUT2D eigenvalue weighted by Crippen LogP contribution is -2.26. The highest BCUT2D eigenvalue weighted by Gasteiger charge is 2.15. The molecule has 112 valence electrons. The second-order valence-electron chi connectivity index (χ2n) is 4.99. The number of fused-ring (bicyclic) bond motifs is 1. The summed E-state index contributed by atoms with van der Waals surface area (Å²) in [5, 5.41) is 4.55. The molecule has 6 heteroatoms. The van der Waals surface area contributed by atoms with Crippen LogP contribution in [0, 0.1) is 0 Å². The van der Waals surface area contributed by atoms with Crippen LogP contribution in [0.4, 0.5) is 0 Å². The summed E-state index contributed by atoms with van der Waals surface area (Å²) < 4.78 is 0. The number of aromatic nitrogens is 2. The Bertz CT molecular complexity index is 830. The molecule has 0 spiro atoms. The third kappa shape index (κ3) is 2.80. The summed E-state index contributed by atoms with van der Waals surface area (Å²) in [6, 6.07) is 8.80. The summed E-state index contributed by atoms with van der Waals surface area (Å²) in [7, 11) is 0. The van der Waals surface area contributed by atoms with Crippen LogP contribution >= 0.6 is 23.2 Å². The second-order valence-corrected chi connectivity index (χ2v) is 5.77. The molecule has 1 aromatic carbocycles. The maximum atomic E-state index is 12.4. The van der Waals surface area contributed by atoms with Crippen molar-refractivity contribution in [3.63, 3.8) is 0 Å². The van der Waals surface area contributed by atoms with Crippen molar-refractivity contribution in [1.29, 1.82) is 0 Å². The topological polar surface area (TPSA) is 57.8 Å². The minimum atomic E-state index is -0.209. The highest BCUT2D eigenvalue weighted by Crippen LogP contribution is 2.31. The molecule has 2 heterocycles. The van der Waals surface area contributed by atoms with Gasteiger partial charge in [0.1, 0.15) is 5.69 Å². The van der Waals surface area contributed by atoms with Crippen LogP contribution in [0.2, 0.25) is 10.0 Å². The van der Waals surface area contributed by atoms with E-state index in [1.54, 1.807) is 30.6 Å². The van der Waals surface area contributed by atoms with Gasteiger partial charge in [-0.05, 0) is 36.8 Å². The van der Waals surface area contributed by atoms with E-state index in [0.29, 0.717) is 15.7 Å². The van der Waals surface area contributed by atoms with Crippen molar-refractivity contribution in [3.05, 3.63) is 64.0 Å². The van der Waals surface area contributed by atoms with Gasteiger partial charge >= 0.3 is 0 Å². The van der Waals surface area contributed by atoms with E-state index in [9.17, 15) is 4.79 Å². The monoisotopic (exact) mass is 333 g/mol.